The number of hydrogen-bond acceptors (Lipinski definition) is 5. The van der Waals surface area contributed by atoms with Crippen LogP contribution in [0.25, 0.3) is 0 Å². The van der Waals surface area contributed by atoms with Crippen molar-refractivity contribution in [3.8, 4) is 0 Å². The minimum absolute atomic E-state index is 0.00740. The normalized spacial score (nSPS) is 20.1. The maximum atomic E-state index is 5.87. The van der Waals surface area contributed by atoms with Crippen molar-refractivity contribution in [1.29, 1.82) is 0 Å². The molecule has 1 unspecified atom stereocenters. The fourth-order valence-corrected chi connectivity index (χ4v) is 2.56. The molecule has 1 aliphatic rings. The van der Waals surface area contributed by atoms with Crippen molar-refractivity contribution in [3.63, 3.8) is 0 Å². The molecule has 1 aliphatic heterocycles. The van der Waals surface area contributed by atoms with Crippen LogP contribution in [0.15, 0.2) is 0 Å². The van der Waals surface area contributed by atoms with Gasteiger partial charge in [-0.15, -0.1) is 0 Å². The molecule has 0 saturated carbocycles. The molecule has 20 heavy (non-hydrogen) atoms. The SMILES string of the molecule is CCNc1nc(C2CN(CC)CCO2)nc(CC)c1C. The largest absolute Gasteiger partial charge is 0.370 e. The highest BCUT2D eigenvalue weighted by molar-refractivity contribution is 5.46. The van der Waals surface area contributed by atoms with E-state index in [1.807, 2.05) is 0 Å². The summed E-state index contributed by atoms with van der Waals surface area (Å²) in [6.45, 7) is 13.0. The van der Waals surface area contributed by atoms with Gasteiger partial charge in [0.1, 0.15) is 11.9 Å². The van der Waals surface area contributed by atoms with Crippen LogP contribution in [-0.4, -0.2) is 47.7 Å². The molecule has 0 aromatic carbocycles. The number of nitrogens with zero attached hydrogens (tertiary/aromatic N) is 3. The predicted octanol–water partition coefficient (Wildman–Crippen LogP) is 2.17. The Hall–Kier alpha value is -1.20. The monoisotopic (exact) mass is 278 g/mol. The zero-order chi connectivity index (χ0) is 14.5. The fraction of sp³-hybridized carbons (Fsp3) is 0.733. The summed E-state index contributed by atoms with van der Waals surface area (Å²) in [6, 6.07) is 0. The zero-order valence-corrected chi connectivity index (χ0v) is 13.1. The molecular weight excluding hydrogens is 252 g/mol. The van der Waals surface area contributed by atoms with E-state index in [0.29, 0.717) is 0 Å². The number of likely N-dealkylation sites (N-methyl/N-ethyl adjacent to an activating group) is 1. The molecule has 1 atom stereocenters. The van der Waals surface area contributed by atoms with E-state index in [9.17, 15) is 0 Å². The Morgan fingerprint density at radius 3 is 2.75 bits per heavy atom. The summed E-state index contributed by atoms with van der Waals surface area (Å²) in [5.74, 6) is 1.77. The lowest BCUT2D eigenvalue weighted by molar-refractivity contribution is -0.0326. The number of hydrogen-bond donors (Lipinski definition) is 1. The molecule has 112 valence electrons. The third kappa shape index (κ3) is 3.27. The van der Waals surface area contributed by atoms with Crippen LogP contribution in [0.1, 0.15) is 44.0 Å². The van der Waals surface area contributed by atoms with Crippen LogP contribution in [0.4, 0.5) is 5.82 Å². The summed E-state index contributed by atoms with van der Waals surface area (Å²) in [5, 5.41) is 3.33. The molecular formula is C15H26N4O. The van der Waals surface area contributed by atoms with Crippen LogP contribution in [-0.2, 0) is 11.2 Å². The van der Waals surface area contributed by atoms with Crippen LogP contribution in [0, 0.1) is 6.92 Å². The Morgan fingerprint density at radius 2 is 2.10 bits per heavy atom. The minimum atomic E-state index is -0.00740. The third-order valence-corrected chi connectivity index (χ3v) is 3.83. The Labute approximate surface area is 121 Å². The van der Waals surface area contributed by atoms with Gasteiger partial charge >= 0.3 is 0 Å². The maximum absolute atomic E-state index is 5.87. The standard InChI is InChI=1S/C15H26N4O/c1-5-12-11(4)14(16-6-2)18-15(17-12)13-10-19(7-3)8-9-20-13/h13H,5-10H2,1-4H3,(H,16,17,18). The van der Waals surface area contributed by atoms with E-state index in [-0.39, 0.29) is 6.10 Å². The number of nitrogens with one attached hydrogen (secondary N) is 1. The Bertz CT molecular complexity index is 450. The molecule has 1 aromatic heterocycles. The number of aromatic nitrogens is 2. The summed E-state index contributed by atoms with van der Waals surface area (Å²) in [7, 11) is 0. The number of rotatable bonds is 5. The molecule has 5 nitrogen and oxygen atoms in total. The van der Waals surface area contributed by atoms with Gasteiger partial charge in [0.2, 0.25) is 0 Å². The average Bonchev–Trinajstić information content (AvgIpc) is 2.49. The lowest BCUT2D eigenvalue weighted by atomic mass is 10.1. The van der Waals surface area contributed by atoms with Gasteiger partial charge < -0.3 is 10.1 Å². The molecule has 0 bridgehead atoms. The summed E-state index contributed by atoms with van der Waals surface area (Å²) >= 11 is 0. The third-order valence-electron chi connectivity index (χ3n) is 3.83. The van der Waals surface area contributed by atoms with Gasteiger partial charge in [0, 0.05) is 30.9 Å². The lowest BCUT2D eigenvalue weighted by Crippen LogP contribution is -2.38. The quantitative estimate of drug-likeness (QED) is 0.894. The number of ether oxygens (including phenoxy) is 1. The van der Waals surface area contributed by atoms with Crippen molar-refractivity contribution in [1.82, 2.24) is 14.9 Å². The Balaban J connectivity index is 2.28. The van der Waals surface area contributed by atoms with Crippen LogP contribution < -0.4 is 5.32 Å². The van der Waals surface area contributed by atoms with Gasteiger partial charge in [-0.05, 0) is 26.8 Å². The summed E-state index contributed by atoms with van der Waals surface area (Å²) in [4.78, 5) is 11.8. The predicted molar refractivity (Wildman–Crippen MR) is 81.1 cm³/mol. The van der Waals surface area contributed by atoms with Crippen molar-refractivity contribution in [3.05, 3.63) is 17.1 Å². The van der Waals surface area contributed by atoms with Crippen molar-refractivity contribution in [2.75, 3.05) is 38.1 Å². The van der Waals surface area contributed by atoms with Gasteiger partial charge in [0.15, 0.2) is 5.82 Å². The molecule has 1 N–H and O–H groups in total. The zero-order valence-electron chi connectivity index (χ0n) is 13.1. The summed E-state index contributed by atoms with van der Waals surface area (Å²) in [6.07, 6.45) is 0.913. The van der Waals surface area contributed by atoms with Crippen LogP contribution in [0.2, 0.25) is 0 Å². The van der Waals surface area contributed by atoms with Gasteiger partial charge in [-0.25, -0.2) is 9.97 Å². The first-order valence-electron chi connectivity index (χ1n) is 7.64. The van der Waals surface area contributed by atoms with E-state index in [1.54, 1.807) is 0 Å². The number of aryl methyl sites for hydroxylation is 1. The molecule has 0 aliphatic carbocycles. The molecule has 1 fully saturated rings. The second-order valence-corrected chi connectivity index (χ2v) is 5.14. The van der Waals surface area contributed by atoms with E-state index < -0.39 is 0 Å². The molecule has 1 saturated heterocycles. The van der Waals surface area contributed by atoms with E-state index >= 15 is 0 Å². The summed E-state index contributed by atoms with van der Waals surface area (Å²) in [5.41, 5.74) is 2.27. The number of anilines is 1. The first kappa shape index (κ1) is 15.2. The highest BCUT2D eigenvalue weighted by Gasteiger charge is 2.24. The van der Waals surface area contributed by atoms with Gasteiger partial charge in [-0.1, -0.05) is 13.8 Å². The average molecular weight is 278 g/mol. The van der Waals surface area contributed by atoms with Gasteiger partial charge in [0.05, 0.1) is 6.61 Å². The van der Waals surface area contributed by atoms with Crippen molar-refractivity contribution >= 4 is 5.82 Å². The fourth-order valence-electron chi connectivity index (χ4n) is 2.56. The van der Waals surface area contributed by atoms with Gasteiger partial charge in [-0.2, -0.15) is 0 Å². The van der Waals surface area contributed by atoms with E-state index in [2.05, 4.69) is 42.9 Å². The topological polar surface area (TPSA) is 50.3 Å². The molecule has 5 heteroatoms. The highest BCUT2D eigenvalue weighted by atomic mass is 16.5. The molecule has 0 radical (unpaired) electrons. The molecule has 2 rings (SSSR count). The van der Waals surface area contributed by atoms with Crippen LogP contribution in [0.5, 0.6) is 0 Å². The van der Waals surface area contributed by atoms with Crippen LogP contribution in [0.3, 0.4) is 0 Å². The highest BCUT2D eigenvalue weighted by Crippen LogP contribution is 2.23. The van der Waals surface area contributed by atoms with Gasteiger partial charge in [0.25, 0.3) is 0 Å². The molecule has 0 spiro atoms. The van der Waals surface area contributed by atoms with Crippen molar-refractivity contribution < 1.29 is 4.74 Å². The minimum Gasteiger partial charge on any atom is -0.370 e. The lowest BCUT2D eigenvalue weighted by Gasteiger charge is -2.31. The molecule has 2 heterocycles. The van der Waals surface area contributed by atoms with Crippen molar-refractivity contribution in [2.45, 2.75) is 40.2 Å². The summed E-state index contributed by atoms with van der Waals surface area (Å²) < 4.78 is 5.87. The van der Waals surface area contributed by atoms with Crippen LogP contribution >= 0.6 is 0 Å². The number of morpholine rings is 1. The molecule has 0 amide bonds. The Kier molecular flexibility index (Phi) is 5.31. The molecule has 1 aromatic rings. The second-order valence-electron chi connectivity index (χ2n) is 5.14. The van der Waals surface area contributed by atoms with Crippen molar-refractivity contribution in [2.24, 2.45) is 0 Å². The second kappa shape index (κ2) is 6.99. The first-order chi connectivity index (χ1) is 9.69. The maximum Gasteiger partial charge on any atom is 0.161 e. The van der Waals surface area contributed by atoms with E-state index in [1.165, 1.54) is 0 Å². The first-order valence-corrected chi connectivity index (χ1v) is 7.64. The van der Waals surface area contributed by atoms with Gasteiger partial charge in [-0.3, -0.25) is 4.90 Å². The smallest absolute Gasteiger partial charge is 0.161 e. The van der Waals surface area contributed by atoms with E-state index in [4.69, 9.17) is 9.72 Å². The Morgan fingerprint density at radius 1 is 1.30 bits per heavy atom. The van der Waals surface area contributed by atoms with E-state index in [0.717, 1.165) is 62.1 Å².